The Morgan fingerprint density at radius 2 is 1.75 bits per heavy atom. The van der Waals surface area contributed by atoms with Gasteiger partial charge in [-0.1, -0.05) is 22.6 Å². The molecule has 0 bridgehead atoms. The third-order valence-electron chi connectivity index (χ3n) is 1.32. The van der Waals surface area contributed by atoms with E-state index in [9.17, 15) is 13.2 Å². The van der Waals surface area contributed by atoms with E-state index in [0.717, 1.165) is 17.3 Å². The smallest absolute Gasteiger partial charge is 0.316 e. The molecule has 0 saturated heterocycles. The van der Waals surface area contributed by atoms with Crippen molar-refractivity contribution in [3.8, 4) is 0 Å². The van der Waals surface area contributed by atoms with Gasteiger partial charge in [-0.25, -0.2) is 0 Å². The minimum Gasteiger partial charge on any atom is -0.316 e. The van der Waals surface area contributed by atoms with E-state index in [1.165, 1.54) is 0 Å². The number of hydrogen-bond acceptors (Lipinski definition) is 1. The van der Waals surface area contributed by atoms with E-state index in [1.54, 1.807) is 0 Å². The maximum absolute atomic E-state index is 11.6. The minimum atomic E-state index is -4.02. The Hall–Kier alpha value is 0.480. The van der Waals surface area contributed by atoms with Crippen molar-refractivity contribution < 1.29 is 13.2 Å². The molecule has 0 aliphatic carbocycles. The lowest BCUT2D eigenvalue weighted by molar-refractivity contribution is -0.133. The summed E-state index contributed by atoms with van der Waals surface area (Å²) in [6, 6.07) is 0. The average molecular weight is 295 g/mol. The fourth-order valence-corrected chi connectivity index (χ4v) is 1.24. The van der Waals surface area contributed by atoms with Crippen molar-refractivity contribution in [2.24, 2.45) is 0 Å². The van der Waals surface area contributed by atoms with Crippen molar-refractivity contribution in [3.63, 3.8) is 0 Å². The largest absolute Gasteiger partial charge is 0.390 e. The van der Waals surface area contributed by atoms with Crippen LogP contribution < -0.4 is 5.32 Å². The van der Waals surface area contributed by atoms with Crippen LogP contribution in [0.15, 0.2) is 0 Å². The normalized spacial score (nSPS) is 12.0. The van der Waals surface area contributed by atoms with Gasteiger partial charge in [-0.2, -0.15) is 13.2 Å². The Kier molecular flexibility index (Phi) is 7.22. The third kappa shape index (κ3) is 10.5. The predicted molar refractivity (Wildman–Crippen MR) is 51.7 cm³/mol. The summed E-state index contributed by atoms with van der Waals surface area (Å²) >= 11 is 2.25. The zero-order valence-electron chi connectivity index (χ0n) is 6.75. The number of halogens is 4. The van der Waals surface area contributed by atoms with Crippen LogP contribution in [0.1, 0.15) is 19.3 Å². The summed E-state index contributed by atoms with van der Waals surface area (Å²) in [6.07, 6.45) is -2.71. The van der Waals surface area contributed by atoms with E-state index in [2.05, 4.69) is 27.9 Å². The molecule has 0 spiro atoms. The van der Waals surface area contributed by atoms with Crippen molar-refractivity contribution in [1.82, 2.24) is 5.32 Å². The second-order valence-electron chi connectivity index (χ2n) is 2.51. The van der Waals surface area contributed by atoms with Gasteiger partial charge < -0.3 is 5.32 Å². The Labute approximate surface area is 84.2 Å². The molecule has 5 heteroatoms. The van der Waals surface area contributed by atoms with Gasteiger partial charge in [-0.15, -0.1) is 0 Å². The van der Waals surface area contributed by atoms with E-state index in [1.807, 2.05) is 0 Å². The molecule has 0 saturated carbocycles. The molecule has 0 aromatic heterocycles. The highest BCUT2D eigenvalue weighted by atomic mass is 127. The highest BCUT2D eigenvalue weighted by Gasteiger charge is 2.25. The molecule has 0 fully saturated rings. The maximum Gasteiger partial charge on any atom is 0.390 e. The molecule has 0 rings (SSSR count). The molecule has 0 aliphatic heterocycles. The first kappa shape index (κ1) is 12.5. The number of alkyl halides is 4. The van der Waals surface area contributed by atoms with Crippen LogP contribution in [0.5, 0.6) is 0 Å². The van der Waals surface area contributed by atoms with Gasteiger partial charge in [0.05, 0.1) is 6.42 Å². The standard InChI is InChI=1S/C7H13F3IN/c8-7(9,10)3-6-12-5-2-1-4-11/h12H,1-6H2. The molecule has 0 unspecified atom stereocenters. The molecule has 1 nitrogen and oxygen atoms in total. The second kappa shape index (κ2) is 6.94. The lowest BCUT2D eigenvalue weighted by atomic mass is 10.3. The van der Waals surface area contributed by atoms with Crippen LogP contribution >= 0.6 is 22.6 Å². The monoisotopic (exact) mass is 295 g/mol. The Morgan fingerprint density at radius 1 is 1.08 bits per heavy atom. The lowest BCUT2D eigenvalue weighted by Crippen LogP contribution is -2.22. The maximum atomic E-state index is 11.6. The Bertz CT molecular complexity index is 105. The van der Waals surface area contributed by atoms with Crippen molar-refractivity contribution in [1.29, 1.82) is 0 Å². The van der Waals surface area contributed by atoms with Crippen molar-refractivity contribution in [2.45, 2.75) is 25.4 Å². The fraction of sp³-hybridized carbons (Fsp3) is 1.00. The van der Waals surface area contributed by atoms with Crippen molar-refractivity contribution in [2.75, 3.05) is 17.5 Å². The van der Waals surface area contributed by atoms with E-state index in [-0.39, 0.29) is 6.54 Å². The van der Waals surface area contributed by atoms with Crippen LogP contribution in [0.2, 0.25) is 0 Å². The molecule has 0 atom stereocenters. The third-order valence-corrected chi connectivity index (χ3v) is 2.09. The zero-order valence-corrected chi connectivity index (χ0v) is 8.91. The molecule has 0 radical (unpaired) electrons. The van der Waals surface area contributed by atoms with Gasteiger partial charge in [0.25, 0.3) is 0 Å². The zero-order chi connectivity index (χ0) is 9.45. The van der Waals surface area contributed by atoms with Crippen LogP contribution in [-0.4, -0.2) is 23.7 Å². The van der Waals surface area contributed by atoms with Gasteiger partial charge in [-0.3, -0.25) is 0 Å². The molecular weight excluding hydrogens is 282 g/mol. The molecular formula is C7H13F3IN. The Morgan fingerprint density at radius 3 is 2.25 bits per heavy atom. The minimum absolute atomic E-state index is 0.0464. The highest BCUT2D eigenvalue weighted by Crippen LogP contribution is 2.17. The van der Waals surface area contributed by atoms with Gasteiger partial charge in [-0.05, 0) is 23.8 Å². The molecule has 0 amide bonds. The summed E-state index contributed by atoms with van der Waals surface area (Å²) in [5, 5.41) is 2.75. The van der Waals surface area contributed by atoms with Gasteiger partial charge in [0.15, 0.2) is 0 Å². The summed E-state index contributed by atoms with van der Waals surface area (Å²) in [4.78, 5) is 0. The first-order valence-corrected chi connectivity index (χ1v) is 5.42. The van der Waals surface area contributed by atoms with Crippen LogP contribution in [0, 0.1) is 0 Å². The number of unbranched alkanes of at least 4 members (excludes halogenated alkanes) is 1. The van der Waals surface area contributed by atoms with Crippen LogP contribution in [-0.2, 0) is 0 Å². The van der Waals surface area contributed by atoms with Gasteiger partial charge >= 0.3 is 6.18 Å². The lowest BCUT2D eigenvalue weighted by Gasteiger charge is -2.06. The molecule has 0 aromatic rings. The van der Waals surface area contributed by atoms with E-state index >= 15 is 0 Å². The van der Waals surface area contributed by atoms with Crippen LogP contribution in [0.4, 0.5) is 13.2 Å². The SMILES string of the molecule is FC(F)(F)CCNCCCCI. The average Bonchev–Trinajstić information content (AvgIpc) is 1.94. The first-order chi connectivity index (χ1) is 5.56. The van der Waals surface area contributed by atoms with Gasteiger partial charge in [0.1, 0.15) is 0 Å². The number of hydrogen-bond donors (Lipinski definition) is 1. The summed E-state index contributed by atoms with van der Waals surface area (Å²) in [6.45, 7) is 0.740. The van der Waals surface area contributed by atoms with Gasteiger partial charge in [0.2, 0.25) is 0 Å². The molecule has 0 aliphatic rings. The molecule has 12 heavy (non-hydrogen) atoms. The second-order valence-corrected chi connectivity index (χ2v) is 3.59. The van der Waals surface area contributed by atoms with Crippen LogP contribution in [0.25, 0.3) is 0 Å². The number of nitrogens with one attached hydrogen (secondary N) is 1. The predicted octanol–water partition coefficient (Wildman–Crippen LogP) is 2.74. The summed E-state index contributed by atoms with van der Waals surface area (Å²) < 4.78 is 35.8. The Balaban J connectivity index is 3.01. The van der Waals surface area contributed by atoms with E-state index in [0.29, 0.717) is 6.54 Å². The molecule has 0 heterocycles. The molecule has 74 valence electrons. The first-order valence-electron chi connectivity index (χ1n) is 3.89. The molecule has 0 aromatic carbocycles. The summed E-state index contributed by atoms with van der Waals surface area (Å²) in [7, 11) is 0. The van der Waals surface area contributed by atoms with E-state index < -0.39 is 12.6 Å². The quantitative estimate of drug-likeness (QED) is 0.451. The van der Waals surface area contributed by atoms with Gasteiger partial charge in [0, 0.05) is 6.54 Å². The fourth-order valence-electron chi connectivity index (χ4n) is 0.700. The summed E-state index contributed by atoms with van der Waals surface area (Å²) in [5.41, 5.74) is 0. The van der Waals surface area contributed by atoms with Crippen LogP contribution in [0.3, 0.4) is 0 Å². The molecule has 1 N–H and O–H groups in total. The number of rotatable bonds is 6. The topological polar surface area (TPSA) is 12.0 Å². The van der Waals surface area contributed by atoms with Crippen molar-refractivity contribution >= 4 is 22.6 Å². The van der Waals surface area contributed by atoms with Crippen molar-refractivity contribution in [3.05, 3.63) is 0 Å². The highest BCUT2D eigenvalue weighted by molar-refractivity contribution is 14.1. The van der Waals surface area contributed by atoms with E-state index in [4.69, 9.17) is 0 Å². The summed E-state index contributed by atoms with van der Waals surface area (Å²) in [5.74, 6) is 0.